The van der Waals surface area contributed by atoms with Crippen LogP contribution in [0.1, 0.15) is 12.5 Å². The molecule has 2 rings (SSSR count). The van der Waals surface area contributed by atoms with Gasteiger partial charge in [0.15, 0.2) is 0 Å². The van der Waals surface area contributed by atoms with Crippen LogP contribution in [0.5, 0.6) is 0 Å². The van der Waals surface area contributed by atoms with Crippen molar-refractivity contribution in [2.45, 2.75) is 18.7 Å². The SMILES string of the molecule is CC(=O)Nc1ccc(S(=O)(=O)N(CC(=O)NN)c2ccc([N+](=O)[O-])cc2C)cc1. The minimum absolute atomic E-state index is 0.0881. The molecule has 0 heterocycles. The normalized spacial score (nSPS) is 10.9. The predicted octanol–water partition coefficient (Wildman–Crippen LogP) is 1.05. The monoisotopic (exact) mass is 421 g/mol. The smallest absolute Gasteiger partial charge is 0.269 e. The highest BCUT2D eigenvalue weighted by atomic mass is 32.2. The summed E-state index contributed by atoms with van der Waals surface area (Å²) in [7, 11) is -4.23. The van der Waals surface area contributed by atoms with Gasteiger partial charge in [0, 0.05) is 24.7 Å². The highest BCUT2D eigenvalue weighted by Crippen LogP contribution is 2.30. The number of aryl methyl sites for hydroxylation is 1. The van der Waals surface area contributed by atoms with Crippen LogP contribution in [0.4, 0.5) is 17.1 Å². The lowest BCUT2D eigenvalue weighted by molar-refractivity contribution is -0.384. The summed E-state index contributed by atoms with van der Waals surface area (Å²) in [4.78, 5) is 33.1. The molecule has 0 bridgehead atoms. The molecule has 2 amide bonds. The predicted molar refractivity (Wildman–Crippen MR) is 105 cm³/mol. The number of benzene rings is 2. The van der Waals surface area contributed by atoms with Crippen molar-refractivity contribution in [2.24, 2.45) is 5.84 Å². The van der Waals surface area contributed by atoms with Crippen molar-refractivity contribution in [1.82, 2.24) is 5.43 Å². The van der Waals surface area contributed by atoms with E-state index in [1.54, 1.807) is 0 Å². The summed E-state index contributed by atoms with van der Waals surface area (Å²) < 4.78 is 27.2. The number of hydrogen-bond acceptors (Lipinski definition) is 7. The van der Waals surface area contributed by atoms with Gasteiger partial charge in [0.05, 0.1) is 15.5 Å². The van der Waals surface area contributed by atoms with Crippen molar-refractivity contribution >= 4 is 38.9 Å². The van der Waals surface area contributed by atoms with Crippen LogP contribution in [-0.4, -0.2) is 31.7 Å². The number of carbonyl (C=O) groups excluding carboxylic acids is 2. The topological polar surface area (TPSA) is 165 Å². The number of hydrogen-bond donors (Lipinski definition) is 3. The second-order valence-corrected chi connectivity index (χ2v) is 7.87. The molecule has 0 fully saturated rings. The number of nitrogens with two attached hydrogens (primary N) is 1. The van der Waals surface area contributed by atoms with Crippen molar-refractivity contribution < 1.29 is 22.9 Å². The van der Waals surface area contributed by atoms with Gasteiger partial charge in [-0.1, -0.05) is 0 Å². The van der Waals surface area contributed by atoms with Crippen LogP contribution in [0, 0.1) is 17.0 Å². The summed E-state index contributed by atoms with van der Waals surface area (Å²) in [5, 5.41) is 13.5. The van der Waals surface area contributed by atoms with Crippen LogP contribution < -0.4 is 20.9 Å². The maximum absolute atomic E-state index is 13.2. The fraction of sp³-hybridized carbons (Fsp3) is 0.176. The molecule has 0 aliphatic rings. The summed E-state index contributed by atoms with van der Waals surface area (Å²) in [5.74, 6) is 4.00. The molecule has 2 aromatic carbocycles. The Bertz CT molecular complexity index is 1050. The Morgan fingerprint density at radius 3 is 2.28 bits per heavy atom. The Hall–Kier alpha value is -3.51. The van der Waals surface area contributed by atoms with Crippen LogP contribution in [0.15, 0.2) is 47.4 Å². The number of amides is 2. The molecule has 0 aliphatic heterocycles. The maximum Gasteiger partial charge on any atom is 0.269 e. The first-order valence-electron chi connectivity index (χ1n) is 8.21. The first-order valence-corrected chi connectivity index (χ1v) is 9.65. The molecule has 29 heavy (non-hydrogen) atoms. The standard InChI is InChI=1S/C17H19N5O6S/c1-11-9-14(22(25)26)5-8-16(11)21(10-17(24)20-18)29(27,28)15-6-3-13(4-7-15)19-12(2)23/h3-9H,10,18H2,1-2H3,(H,19,23)(H,20,24). The first kappa shape index (κ1) is 21.8. The molecular weight excluding hydrogens is 402 g/mol. The van der Waals surface area contributed by atoms with E-state index in [0.29, 0.717) is 5.69 Å². The number of carbonyl (C=O) groups is 2. The molecule has 0 saturated carbocycles. The quantitative estimate of drug-likeness (QED) is 0.260. The highest BCUT2D eigenvalue weighted by Gasteiger charge is 2.29. The summed E-state index contributed by atoms with van der Waals surface area (Å²) in [6.45, 7) is 2.17. The third-order valence-corrected chi connectivity index (χ3v) is 5.64. The average molecular weight is 421 g/mol. The van der Waals surface area contributed by atoms with E-state index in [0.717, 1.165) is 10.4 Å². The van der Waals surface area contributed by atoms with Gasteiger partial charge in [-0.2, -0.15) is 0 Å². The van der Waals surface area contributed by atoms with E-state index in [1.807, 2.05) is 5.43 Å². The molecular formula is C17H19N5O6S. The molecule has 154 valence electrons. The van der Waals surface area contributed by atoms with E-state index in [9.17, 15) is 28.1 Å². The molecule has 0 aromatic heterocycles. The summed E-state index contributed by atoms with van der Waals surface area (Å²) in [5.41, 5.74) is 2.42. The summed E-state index contributed by atoms with van der Waals surface area (Å²) in [6, 6.07) is 8.95. The number of nitro benzene ring substituents is 1. The largest absolute Gasteiger partial charge is 0.326 e. The van der Waals surface area contributed by atoms with Crippen LogP contribution >= 0.6 is 0 Å². The molecule has 4 N–H and O–H groups in total. The Morgan fingerprint density at radius 1 is 1.17 bits per heavy atom. The molecule has 2 aromatic rings. The third-order valence-electron chi connectivity index (χ3n) is 3.87. The van der Waals surface area contributed by atoms with Crippen LogP contribution in [0.25, 0.3) is 0 Å². The molecule has 0 unspecified atom stereocenters. The van der Waals surface area contributed by atoms with Gasteiger partial charge >= 0.3 is 0 Å². The number of nitro groups is 1. The number of nitrogens with one attached hydrogen (secondary N) is 2. The molecule has 11 nitrogen and oxygen atoms in total. The Kier molecular flexibility index (Phi) is 6.51. The van der Waals surface area contributed by atoms with Crippen LogP contribution in [-0.2, 0) is 19.6 Å². The maximum atomic E-state index is 13.2. The molecule has 0 aliphatic carbocycles. The number of anilines is 2. The van der Waals surface area contributed by atoms with Crippen LogP contribution in [0.3, 0.4) is 0 Å². The fourth-order valence-corrected chi connectivity index (χ4v) is 4.03. The third kappa shape index (κ3) is 5.06. The Morgan fingerprint density at radius 2 is 1.79 bits per heavy atom. The number of sulfonamides is 1. The van der Waals surface area contributed by atoms with Gasteiger partial charge in [-0.3, -0.25) is 29.4 Å². The van der Waals surface area contributed by atoms with Crippen LogP contribution in [0.2, 0.25) is 0 Å². The lowest BCUT2D eigenvalue weighted by Crippen LogP contribution is -2.43. The summed E-state index contributed by atoms with van der Waals surface area (Å²) >= 11 is 0. The van der Waals surface area contributed by atoms with Crippen molar-refractivity contribution in [3.05, 3.63) is 58.1 Å². The molecule has 0 atom stereocenters. The number of hydrazine groups is 1. The van der Waals surface area contributed by atoms with E-state index < -0.39 is 27.4 Å². The second-order valence-electron chi connectivity index (χ2n) is 6.01. The van der Waals surface area contributed by atoms with Crippen molar-refractivity contribution in [3.63, 3.8) is 0 Å². The van der Waals surface area contributed by atoms with Gasteiger partial charge in [0.2, 0.25) is 5.91 Å². The number of non-ortho nitro benzene ring substituents is 1. The molecule has 0 saturated heterocycles. The zero-order valence-electron chi connectivity index (χ0n) is 15.6. The molecule has 0 radical (unpaired) electrons. The summed E-state index contributed by atoms with van der Waals surface area (Å²) in [6.07, 6.45) is 0. The highest BCUT2D eigenvalue weighted by molar-refractivity contribution is 7.92. The van der Waals surface area contributed by atoms with E-state index in [1.165, 1.54) is 50.2 Å². The van der Waals surface area contributed by atoms with E-state index in [2.05, 4.69) is 5.32 Å². The second kappa shape index (κ2) is 8.67. The van der Waals surface area contributed by atoms with Gasteiger partial charge in [0.1, 0.15) is 6.54 Å². The van der Waals surface area contributed by atoms with Crippen molar-refractivity contribution in [1.29, 1.82) is 0 Å². The molecule has 0 spiro atoms. The minimum Gasteiger partial charge on any atom is -0.326 e. The average Bonchev–Trinajstić information content (AvgIpc) is 2.66. The van der Waals surface area contributed by atoms with E-state index >= 15 is 0 Å². The van der Waals surface area contributed by atoms with Gasteiger partial charge in [-0.05, 0) is 42.8 Å². The van der Waals surface area contributed by atoms with Crippen molar-refractivity contribution in [3.8, 4) is 0 Å². The Balaban J connectivity index is 2.52. The lowest BCUT2D eigenvalue weighted by atomic mass is 10.2. The fourth-order valence-electron chi connectivity index (χ4n) is 2.55. The van der Waals surface area contributed by atoms with Crippen molar-refractivity contribution in [2.75, 3.05) is 16.2 Å². The van der Waals surface area contributed by atoms with Gasteiger partial charge in [0.25, 0.3) is 21.6 Å². The first-order chi connectivity index (χ1) is 13.6. The van der Waals surface area contributed by atoms with Gasteiger partial charge in [-0.25, -0.2) is 14.3 Å². The van der Waals surface area contributed by atoms with Gasteiger partial charge < -0.3 is 5.32 Å². The minimum atomic E-state index is -4.23. The molecule has 12 heteroatoms. The van der Waals surface area contributed by atoms with Gasteiger partial charge in [-0.15, -0.1) is 0 Å². The number of rotatable bonds is 7. The van der Waals surface area contributed by atoms with E-state index in [-0.39, 0.29) is 27.7 Å². The number of nitrogens with zero attached hydrogens (tertiary/aromatic N) is 2. The zero-order valence-corrected chi connectivity index (χ0v) is 16.4. The zero-order chi connectivity index (χ0) is 21.8. The Labute approximate surface area is 166 Å². The van der Waals surface area contributed by atoms with E-state index in [4.69, 9.17) is 5.84 Å². The lowest BCUT2D eigenvalue weighted by Gasteiger charge is -2.25.